The van der Waals surface area contributed by atoms with Crippen LogP contribution in [0.3, 0.4) is 0 Å². The summed E-state index contributed by atoms with van der Waals surface area (Å²) in [5.74, 6) is -0.277. The molecule has 3 rings (SSSR count). The molecular formula is C16H18LiO11P. The fraction of sp³-hybridized carbons (Fsp3) is 0.438. The molecule has 2 aromatic rings. The number of benzene rings is 1. The number of rotatable bonds is 4. The summed E-state index contributed by atoms with van der Waals surface area (Å²) in [7, 11) is -5.23. The van der Waals surface area contributed by atoms with Gasteiger partial charge in [0.2, 0.25) is 0 Å². The van der Waals surface area contributed by atoms with E-state index in [1.165, 1.54) is 18.2 Å². The van der Waals surface area contributed by atoms with E-state index in [1.807, 2.05) is 0 Å². The van der Waals surface area contributed by atoms with Gasteiger partial charge in [-0.2, -0.15) is 0 Å². The van der Waals surface area contributed by atoms with Crippen LogP contribution >= 0.6 is 7.82 Å². The maximum absolute atomic E-state index is 12.2. The van der Waals surface area contributed by atoms with Crippen LogP contribution in [-0.4, -0.2) is 62.2 Å². The van der Waals surface area contributed by atoms with Gasteiger partial charge in [0, 0.05) is 17.5 Å². The third-order valence-corrected chi connectivity index (χ3v) is 5.40. The predicted molar refractivity (Wildman–Crippen MR) is 90.4 cm³/mol. The zero-order chi connectivity index (χ0) is 20.8. The first kappa shape index (κ1) is 24.1. The molecule has 1 aromatic carbocycles. The number of fused-ring (bicyclic) bond motifs is 1. The van der Waals surface area contributed by atoms with E-state index in [0.29, 0.717) is 10.9 Å². The van der Waals surface area contributed by atoms with Crippen LogP contribution in [0.4, 0.5) is 0 Å². The van der Waals surface area contributed by atoms with Crippen molar-refractivity contribution in [3.05, 3.63) is 40.2 Å². The van der Waals surface area contributed by atoms with Gasteiger partial charge in [0.1, 0.15) is 48.0 Å². The van der Waals surface area contributed by atoms with Crippen LogP contribution in [0.15, 0.2) is 33.5 Å². The van der Waals surface area contributed by atoms with E-state index in [4.69, 9.17) is 8.94 Å². The van der Waals surface area contributed by atoms with Gasteiger partial charge in [0.25, 0.3) is 0 Å². The summed E-state index contributed by atoms with van der Waals surface area (Å²) in [5, 5.41) is 49.0. The number of hydrogen-bond donors (Lipinski definition) is 5. The van der Waals surface area contributed by atoms with Crippen LogP contribution in [0.5, 0.6) is 5.75 Å². The topological polar surface area (TPSA) is 190 Å². The monoisotopic (exact) mass is 424 g/mol. The van der Waals surface area contributed by atoms with Gasteiger partial charge in [-0.1, -0.05) is 0 Å². The van der Waals surface area contributed by atoms with E-state index in [1.54, 1.807) is 6.92 Å². The standard InChI is InChI=1S/C16H19O11P.Li/c1-6-4-10(17)25-9-5-7(2-3-8(6)9)26-28(23,24)27-16-14(21)12(19)11(18)13(20)15(16)22;/h2-5,11-16,18-22H,1H3,(H,23,24);/q;+1/p-1/t11?,12-,13-,14-,15+,16?;/m1./s1. The Hall–Kier alpha value is -1.22. The second kappa shape index (κ2) is 8.87. The van der Waals surface area contributed by atoms with E-state index < -0.39 is 50.1 Å². The maximum atomic E-state index is 12.2. The Kier molecular flexibility index (Phi) is 7.36. The molecule has 154 valence electrons. The number of aliphatic hydroxyl groups is 5. The molecule has 0 saturated heterocycles. The van der Waals surface area contributed by atoms with Crippen molar-refractivity contribution in [1.29, 1.82) is 0 Å². The fourth-order valence-electron chi connectivity index (χ4n) is 2.98. The molecule has 1 fully saturated rings. The van der Waals surface area contributed by atoms with Crippen molar-refractivity contribution in [1.82, 2.24) is 0 Å². The minimum atomic E-state index is -5.23. The Morgan fingerprint density at radius 2 is 1.55 bits per heavy atom. The van der Waals surface area contributed by atoms with Gasteiger partial charge >= 0.3 is 32.3 Å². The molecule has 1 heterocycles. The summed E-state index contributed by atoms with van der Waals surface area (Å²) < 4.78 is 26.5. The van der Waals surface area contributed by atoms with Crippen LogP contribution in [-0.2, 0) is 9.09 Å². The molecule has 0 radical (unpaired) electrons. The third-order valence-electron chi connectivity index (χ3n) is 4.46. The molecule has 5 N–H and O–H groups in total. The van der Waals surface area contributed by atoms with Crippen LogP contribution in [0.2, 0.25) is 0 Å². The van der Waals surface area contributed by atoms with Gasteiger partial charge in [-0.25, -0.2) is 4.79 Å². The van der Waals surface area contributed by atoms with Crippen molar-refractivity contribution in [2.75, 3.05) is 0 Å². The van der Waals surface area contributed by atoms with Crippen molar-refractivity contribution in [3.8, 4) is 5.75 Å². The zero-order valence-corrected chi connectivity index (χ0v) is 16.3. The van der Waals surface area contributed by atoms with E-state index in [-0.39, 0.29) is 30.2 Å². The van der Waals surface area contributed by atoms with Gasteiger partial charge < -0.3 is 43.9 Å². The quantitative estimate of drug-likeness (QED) is 0.180. The van der Waals surface area contributed by atoms with Gasteiger partial charge in [-0.15, -0.1) is 0 Å². The summed E-state index contributed by atoms with van der Waals surface area (Å²) in [4.78, 5) is 23.6. The molecular weight excluding hydrogens is 406 g/mol. The minimum absolute atomic E-state index is 0. The Labute approximate surface area is 175 Å². The molecule has 29 heavy (non-hydrogen) atoms. The third kappa shape index (κ3) is 4.92. The van der Waals surface area contributed by atoms with E-state index in [9.17, 15) is 39.8 Å². The second-order valence-corrected chi connectivity index (χ2v) is 7.76. The summed E-state index contributed by atoms with van der Waals surface area (Å²) in [6, 6.07) is 5.13. The number of aryl methyl sites for hydroxylation is 1. The summed E-state index contributed by atoms with van der Waals surface area (Å²) >= 11 is 0. The summed E-state index contributed by atoms with van der Waals surface area (Å²) in [5.41, 5.74) is 0.0298. The van der Waals surface area contributed by atoms with Gasteiger partial charge in [0.15, 0.2) is 0 Å². The first-order valence-electron chi connectivity index (χ1n) is 8.14. The average molecular weight is 424 g/mol. The molecule has 1 saturated carbocycles. The molecule has 0 bridgehead atoms. The number of phosphoric acid groups is 1. The van der Waals surface area contributed by atoms with Crippen molar-refractivity contribution in [2.45, 2.75) is 43.5 Å². The smallest absolute Gasteiger partial charge is 0.746 e. The summed E-state index contributed by atoms with van der Waals surface area (Å²) in [6.07, 6.45) is -11.8. The molecule has 3 unspecified atom stereocenters. The van der Waals surface area contributed by atoms with Gasteiger partial charge in [-0.3, -0.25) is 4.57 Å². The van der Waals surface area contributed by atoms with Gasteiger partial charge in [0.05, 0.1) is 0 Å². The van der Waals surface area contributed by atoms with Crippen LogP contribution in [0, 0.1) is 6.92 Å². The molecule has 11 nitrogen and oxygen atoms in total. The summed E-state index contributed by atoms with van der Waals surface area (Å²) in [6.45, 7) is 1.66. The molecule has 1 aromatic heterocycles. The number of phosphoric ester groups is 1. The number of aliphatic hydroxyl groups excluding tert-OH is 5. The Bertz CT molecular complexity index is 963. The van der Waals surface area contributed by atoms with E-state index in [0.717, 1.165) is 6.07 Å². The van der Waals surface area contributed by atoms with Crippen molar-refractivity contribution >= 4 is 18.8 Å². The van der Waals surface area contributed by atoms with Crippen LogP contribution in [0.25, 0.3) is 11.0 Å². The molecule has 7 atom stereocenters. The predicted octanol–water partition coefficient (Wildman–Crippen LogP) is -4.84. The second-order valence-electron chi connectivity index (χ2n) is 6.47. The van der Waals surface area contributed by atoms with Crippen LogP contribution < -0.4 is 33.9 Å². The zero-order valence-electron chi connectivity index (χ0n) is 15.4. The SMILES string of the molecule is Cc1cc(=O)oc2cc(OP(=O)([O-])OC3[C@@H](O)[C@H](O)C(O)[C@@H](O)[C@H]3O)ccc12.[Li+]. The number of hydrogen-bond acceptors (Lipinski definition) is 11. The molecule has 0 spiro atoms. The van der Waals surface area contributed by atoms with E-state index in [2.05, 4.69) is 4.52 Å². The first-order chi connectivity index (χ1) is 13.0. The largest absolute Gasteiger partial charge is 1.00 e. The van der Waals surface area contributed by atoms with Crippen molar-refractivity contribution < 1.29 is 67.3 Å². The average Bonchev–Trinajstić information content (AvgIpc) is 2.61. The maximum Gasteiger partial charge on any atom is 1.00 e. The van der Waals surface area contributed by atoms with Gasteiger partial charge in [-0.05, 0) is 24.6 Å². The Balaban J connectivity index is 0.00000300. The minimum Gasteiger partial charge on any atom is -0.746 e. The normalized spacial score (nSPS) is 31.7. The Morgan fingerprint density at radius 3 is 2.14 bits per heavy atom. The fourth-order valence-corrected chi connectivity index (χ4v) is 3.95. The molecule has 1 aliphatic carbocycles. The van der Waals surface area contributed by atoms with Crippen LogP contribution in [0.1, 0.15) is 5.56 Å². The van der Waals surface area contributed by atoms with Crippen molar-refractivity contribution in [3.63, 3.8) is 0 Å². The van der Waals surface area contributed by atoms with E-state index >= 15 is 0 Å². The molecule has 13 heteroatoms. The Morgan fingerprint density at radius 1 is 1.00 bits per heavy atom. The molecule has 0 amide bonds. The van der Waals surface area contributed by atoms with Crippen molar-refractivity contribution in [2.24, 2.45) is 0 Å². The molecule has 0 aliphatic heterocycles. The molecule has 1 aliphatic rings. The first-order valence-corrected chi connectivity index (χ1v) is 9.60.